The fourth-order valence-corrected chi connectivity index (χ4v) is 2.99. The van der Waals surface area contributed by atoms with Gasteiger partial charge in [0.05, 0.1) is 21.2 Å². The van der Waals surface area contributed by atoms with Crippen LogP contribution in [0.25, 0.3) is 16.9 Å². The number of aromatic nitrogens is 3. The fourth-order valence-electron chi connectivity index (χ4n) is 2.08. The van der Waals surface area contributed by atoms with E-state index in [1.165, 1.54) is 12.1 Å². The summed E-state index contributed by atoms with van der Waals surface area (Å²) in [5, 5.41) is 0.352. The molecule has 0 atom stereocenters. The molecule has 0 aliphatic rings. The summed E-state index contributed by atoms with van der Waals surface area (Å²) in [4.78, 5) is 7.36. The van der Waals surface area contributed by atoms with Crippen LogP contribution in [0.3, 0.4) is 0 Å². The topological polar surface area (TPSA) is 33.6 Å². The summed E-state index contributed by atoms with van der Waals surface area (Å²) >= 11 is 17.5. The first-order valence-corrected chi connectivity index (χ1v) is 6.86. The van der Waals surface area contributed by atoms with Crippen LogP contribution in [0.4, 0.5) is 4.39 Å². The third kappa shape index (κ3) is 2.02. The molecule has 0 fully saturated rings. The van der Waals surface area contributed by atoms with Crippen molar-refractivity contribution in [2.45, 2.75) is 6.92 Å². The number of aromatic amines is 1. The van der Waals surface area contributed by atoms with Gasteiger partial charge in [-0.1, -0.05) is 23.2 Å². The van der Waals surface area contributed by atoms with E-state index in [1.54, 1.807) is 10.8 Å². The van der Waals surface area contributed by atoms with Gasteiger partial charge in [-0.25, -0.2) is 9.37 Å². The largest absolute Gasteiger partial charge is 0.329 e. The van der Waals surface area contributed by atoms with Crippen molar-refractivity contribution < 1.29 is 4.39 Å². The van der Waals surface area contributed by atoms with E-state index >= 15 is 0 Å². The molecule has 0 radical (unpaired) electrons. The lowest BCUT2D eigenvalue weighted by atomic mass is 10.2. The molecule has 3 aromatic rings. The highest BCUT2D eigenvalue weighted by atomic mass is 35.5. The minimum atomic E-state index is -0.501. The highest BCUT2D eigenvalue weighted by molar-refractivity contribution is 7.71. The lowest BCUT2D eigenvalue weighted by molar-refractivity contribution is 0.627. The predicted molar refractivity (Wildman–Crippen MR) is 81.0 cm³/mol. The average Bonchev–Trinajstić information content (AvgIpc) is 2.67. The number of hydrogen-bond donors (Lipinski definition) is 1. The molecule has 0 bridgehead atoms. The Morgan fingerprint density at radius 3 is 2.60 bits per heavy atom. The third-order valence-electron chi connectivity index (χ3n) is 2.99. The Morgan fingerprint density at radius 2 is 1.95 bits per heavy atom. The van der Waals surface area contributed by atoms with E-state index < -0.39 is 5.82 Å². The number of H-pyrrole nitrogens is 1. The number of imidazole rings is 1. The summed E-state index contributed by atoms with van der Waals surface area (Å²) in [5.74, 6) is -0.501. The van der Waals surface area contributed by atoms with Crippen molar-refractivity contribution in [3.05, 3.63) is 50.6 Å². The van der Waals surface area contributed by atoms with E-state index in [0.29, 0.717) is 16.1 Å². The zero-order chi connectivity index (χ0) is 14.4. The average molecular weight is 328 g/mol. The molecular formula is C13H8Cl2FN3S. The quantitative estimate of drug-likeness (QED) is 0.649. The summed E-state index contributed by atoms with van der Waals surface area (Å²) in [5.41, 5.74) is 2.82. The molecule has 0 unspecified atom stereocenters. The van der Waals surface area contributed by atoms with Crippen molar-refractivity contribution in [3.63, 3.8) is 0 Å². The van der Waals surface area contributed by atoms with E-state index in [9.17, 15) is 4.39 Å². The van der Waals surface area contributed by atoms with Gasteiger partial charge in [-0.05, 0) is 42.9 Å². The molecule has 0 amide bonds. The number of nitrogens with one attached hydrogen (secondary N) is 1. The van der Waals surface area contributed by atoms with Crippen molar-refractivity contribution in [3.8, 4) is 5.69 Å². The second-order valence-electron chi connectivity index (χ2n) is 4.31. The summed E-state index contributed by atoms with van der Waals surface area (Å²) in [6.07, 6.45) is 1.67. The first-order chi connectivity index (χ1) is 9.49. The number of rotatable bonds is 1. The molecule has 0 aliphatic carbocycles. The predicted octanol–water partition coefficient (Wildman–Crippen LogP) is 4.84. The number of benzene rings is 1. The number of halogens is 3. The minimum absolute atomic E-state index is 0.176. The van der Waals surface area contributed by atoms with Gasteiger partial charge < -0.3 is 4.98 Å². The zero-order valence-corrected chi connectivity index (χ0v) is 12.6. The summed E-state index contributed by atoms with van der Waals surface area (Å²) in [7, 11) is 0. The van der Waals surface area contributed by atoms with Crippen LogP contribution >= 0.6 is 35.4 Å². The van der Waals surface area contributed by atoms with Crippen LogP contribution in [0.2, 0.25) is 10.0 Å². The van der Waals surface area contributed by atoms with Crippen LogP contribution < -0.4 is 0 Å². The number of aryl methyl sites for hydroxylation is 1. The normalized spacial score (nSPS) is 11.2. The molecule has 20 heavy (non-hydrogen) atoms. The summed E-state index contributed by atoms with van der Waals surface area (Å²) < 4.78 is 15.3. The Hall–Kier alpha value is -1.43. The second kappa shape index (κ2) is 4.84. The molecule has 2 aromatic heterocycles. The van der Waals surface area contributed by atoms with Gasteiger partial charge in [0.25, 0.3) is 0 Å². The number of pyridine rings is 1. The van der Waals surface area contributed by atoms with Crippen LogP contribution in [0.1, 0.15) is 5.56 Å². The van der Waals surface area contributed by atoms with E-state index in [1.807, 2.05) is 13.0 Å². The van der Waals surface area contributed by atoms with Gasteiger partial charge in [0, 0.05) is 6.20 Å². The Morgan fingerprint density at radius 1 is 1.30 bits per heavy atom. The zero-order valence-electron chi connectivity index (χ0n) is 10.2. The molecule has 7 heteroatoms. The highest BCUT2D eigenvalue weighted by Gasteiger charge is 2.16. The molecule has 3 nitrogen and oxygen atoms in total. The molecule has 0 spiro atoms. The Kier molecular flexibility index (Phi) is 3.28. The van der Waals surface area contributed by atoms with Gasteiger partial charge >= 0.3 is 0 Å². The molecule has 0 aliphatic heterocycles. The van der Waals surface area contributed by atoms with Crippen molar-refractivity contribution >= 4 is 46.6 Å². The molecule has 3 rings (SSSR count). The molecule has 1 N–H and O–H groups in total. The maximum Gasteiger partial charge on any atom is 0.184 e. The first-order valence-electron chi connectivity index (χ1n) is 5.70. The smallest absolute Gasteiger partial charge is 0.184 e. The molecule has 1 aromatic carbocycles. The van der Waals surface area contributed by atoms with Crippen molar-refractivity contribution in [1.29, 1.82) is 0 Å². The summed E-state index contributed by atoms with van der Waals surface area (Å²) in [6, 6.07) is 4.25. The van der Waals surface area contributed by atoms with Crippen molar-refractivity contribution in [2.75, 3.05) is 0 Å². The van der Waals surface area contributed by atoms with Gasteiger partial charge in [0.15, 0.2) is 10.4 Å². The van der Waals surface area contributed by atoms with Crippen LogP contribution in [-0.4, -0.2) is 14.5 Å². The standard InChI is InChI=1S/C13H8Cl2FN3S/c1-6-2-3-17-12-10(6)18-13(20)19(12)11-8(14)4-7(16)5-9(11)15/h2-5H,1H3,(H,18,20). The molecule has 0 saturated heterocycles. The van der Waals surface area contributed by atoms with Crippen LogP contribution in [0.15, 0.2) is 24.4 Å². The van der Waals surface area contributed by atoms with Crippen LogP contribution in [0, 0.1) is 17.5 Å². The Balaban J connectivity index is 2.45. The second-order valence-corrected chi connectivity index (χ2v) is 5.51. The van der Waals surface area contributed by atoms with Gasteiger partial charge in [-0.15, -0.1) is 0 Å². The van der Waals surface area contributed by atoms with Gasteiger partial charge in [-0.2, -0.15) is 0 Å². The van der Waals surface area contributed by atoms with Gasteiger partial charge in [0.1, 0.15) is 5.82 Å². The minimum Gasteiger partial charge on any atom is -0.329 e. The number of fused-ring (bicyclic) bond motifs is 1. The Bertz CT molecular complexity index is 862. The first kappa shape index (κ1) is 13.5. The van der Waals surface area contributed by atoms with Crippen LogP contribution in [-0.2, 0) is 0 Å². The van der Waals surface area contributed by atoms with Gasteiger partial charge in [-0.3, -0.25) is 4.57 Å². The number of hydrogen-bond acceptors (Lipinski definition) is 2. The fraction of sp³-hybridized carbons (Fsp3) is 0.0769. The van der Waals surface area contributed by atoms with Crippen LogP contribution in [0.5, 0.6) is 0 Å². The third-order valence-corrected chi connectivity index (χ3v) is 3.85. The Labute approximate surface area is 129 Å². The maximum absolute atomic E-state index is 13.3. The maximum atomic E-state index is 13.3. The summed E-state index contributed by atoms with van der Waals surface area (Å²) in [6.45, 7) is 1.94. The highest BCUT2D eigenvalue weighted by Crippen LogP contribution is 2.32. The van der Waals surface area contributed by atoms with Crippen molar-refractivity contribution in [2.24, 2.45) is 0 Å². The molecule has 2 heterocycles. The molecule has 0 saturated carbocycles. The lowest BCUT2D eigenvalue weighted by Gasteiger charge is -2.09. The molecule has 102 valence electrons. The van der Waals surface area contributed by atoms with E-state index in [2.05, 4.69) is 9.97 Å². The lowest BCUT2D eigenvalue weighted by Crippen LogP contribution is -1.98. The van der Waals surface area contributed by atoms with Crippen molar-refractivity contribution in [1.82, 2.24) is 14.5 Å². The van der Waals surface area contributed by atoms with E-state index in [4.69, 9.17) is 35.4 Å². The SMILES string of the molecule is Cc1ccnc2c1[nH]c(=S)n2-c1c(Cl)cc(F)cc1Cl. The van der Waals surface area contributed by atoms with E-state index in [-0.39, 0.29) is 10.0 Å². The van der Waals surface area contributed by atoms with E-state index in [0.717, 1.165) is 11.1 Å². The monoisotopic (exact) mass is 327 g/mol. The molecular weight excluding hydrogens is 320 g/mol. The number of nitrogens with zero attached hydrogens (tertiary/aromatic N) is 2. The van der Waals surface area contributed by atoms with Gasteiger partial charge in [0.2, 0.25) is 0 Å².